The van der Waals surface area contributed by atoms with Gasteiger partial charge < -0.3 is 4.74 Å². The lowest BCUT2D eigenvalue weighted by molar-refractivity contribution is -0.143. The summed E-state index contributed by atoms with van der Waals surface area (Å²) in [5.74, 6) is 0.743. The highest BCUT2D eigenvalue weighted by molar-refractivity contribution is 5.69. The highest BCUT2D eigenvalue weighted by Crippen LogP contribution is 2.15. The summed E-state index contributed by atoms with van der Waals surface area (Å²) in [5.41, 5.74) is 0. The molecule has 0 aromatic heterocycles. The standard InChI is InChI=1S/C30H60O2/c1-4-5-6-7-8-9-10-11-12-13-14-15-16-17-18-19-20-21-22-25-28-32-30(31)27-24-23-26-29(2)3/h29H,4-28H2,1-3H3. The van der Waals surface area contributed by atoms with E-state index in [0.717, 1.165) is 25.2 Å². The van der Waals surface area contributed by atoms with Crippen molar-refractivity contribution in [1.29, 1.82) is 0 Å². The predicted molar refractivity (Wildman–Crippen MR) is 142 cm³/mol. The fourth-order valence-electron chi connectivity index (χ4n) is 4.44. The first kappa shape index (κ1) is 31.5. The summed E-state index contributed by atoms with van der Waals surface area (Å²) >= 11 is 0. The second-order valence-electron chi connectivity index (χ2n) is 10.6. The van der Waals surface area contributed by atoms with Gasteiger partial charge in [0.25, 0.3) is 0 Å². The molecule has 0 spiro atoms. The lowest BCUT2D eigenvalue weighted by atomic mass is 10.0. The van der Waals surface area contributed by atoms with E-state index < -0.39 is 0 Å². The number of hydrogen-bond donors (Lipinski definition) is 0. The molecule has 0 aliphatic rings. The van der Waals surface area contributed by atoms with Gasteiger partial charge in [-0.05, 0) is 18.8 Å². The van der Waals surface area contributed by atoms with Gasteiger partial charge in [-0.15, -0.1) is 0 Å². The SMILES string of the molecule is CCCCCCCCCCCCCCCCCCCCCCOC(=O)CCCCC(C)C. The Bertz CT molecular complexity index is 364. The number of carbonyl (C=O) groups is 1. The van der Waals surface area contributed by atoms with Gasteiger partial charge in [0, 0.05) is 6.42 Å². The molecule has 0 aromatic carbocycles. The summed E-state index contributed by atoms with van der Waals surface area (Å²) in [6, 6.07) is 0. The third kappa shape index (κ3) is 27.5. The van der Waals surface area contributed by atoms with E-state index >= 15 is 0 Å². The molecule has 0 aliphatic heterocycles. The molecule has 32 heavy (non-hydrogen) atoms. The molecular formula is C30H60O2. The molecule has 2 nitrogen and oxygen atoms in total. The number of rotatable bonds is 26. The molecule has 0 N–H and O–H groups in total. The van der Waals surface area contributed by atoms with E-state index in [2.05, 4.69) is 20.8 Å². The fraction of sp³-hybridized carbons (Fsp3) is 0.967. The lowest BCUT2D eigenvalue weighted by Gasteiger charge is -2.06. The molecule has 0 unspecified atom stereocenters. The molecule has 0 atom stereocenters. The average molecular weight is 453 g/mol. The Balaban J connectivity index is 3.10. The largest absolute Gasteiger partial charge is 0.466 e. The lowest BCUT2D eigenvalue weighted by Crippen LogP contribution is -2.05. The molecule has 0 saturated carbocycles. The molecule has 0 saturated heterocycles. The van der Waals surface area contributed by atoms with Crippen LogP contribution in [0.5, 0.6) is 0 Å². The predicted octanol–water partition coefficient (Wildman–Crippen LogP) is 10.6. The topological polar surface area (TPSA) is 26.3 Å². The van der Waals surface area contributed by atoms with Crippen molar-refractivity contribution in [3.63, 3.8) is 0 Å². The van der Waals surface area contributed by atoms with Gasteiger partial charge in [0.2, 0.25) is 0 Å². The number of unbranched alkanes of at least 4 members (excludes halogenated alkanes) is 20. The van der Waals surface area contributed by atoms with Crippen molar-refractivity contribution in [3.05, 3.63) is 0 Å². The average Bonchev–Trinajstić information content (AvgIpc) is 2.77. The summed E-state index contributed by atoms with van der Waals surface area (Å²) < 4.78 is 5.35. The van der Waals surface area contributed by atoms with E-state index in [1.165, 1.54) is 128 Å². The van der Waals surface area contributed by atoms with Crippen molar-refractivity contribution in [3.8, 4) is 0 Å². The molecule has 0 aliphatic carbocycles. The Labute approximate surface area is 203 Å². The van der Waals surface area contributed by atoms with Crippen LogP contribution in [0.4, 0.5) is 0 Å². The Morgan fingerprint density at radius 2 is 0.906 bits per heavy atom. The van der Waals surface area contributed by atoms with E-state index in [9.17, 15) is 4.79 Å². The molecule has 0 heterocycles. The second-order valence-corrected chi connectivity index (χ2v) is 10.6. The zero-order valence-corrected chi connectivity index (χ0v) is 22.6. The van der Waals surface area contributed by atoms with Gasteiger partial charge in [0.1, 0.15) is 0 Å². The van der Waals surface area contributed by atoms with Crippen LogP contribution in [0.25, 0.3) is 0 Å². The molecule has 2 heteroatoms. The van der Waals surface area contributed by atoms with Gasteiger partial charge in [-0.25, -0.2) is 0 Å². The van der Waals surface area contributed by atoms with Crippen molar-refractivity contribution in [2.24, 2.45) is 5.92 Å². The maximum absolute atomic E-state index is 11.7. The summed E-state index contributed by atoms with van der Waals surface area (Å²) in [5, 5.41) is 0. The second kappa shape index (κ2) is 26.7. The van der Waals surface area contributed by atoms with Crippen LogP contribution in [0.2, 0.25) is 0 Å². The minimum Gasteiger partial charge on any atom is -0.466 e. The highest BCUT2D eigenvalue weighted by atomic mass is 16.5. The molecule has 0 aromatic rings. The van der Waals surface area contributed by atoms with Gasteiger partial charge in [0.15, 0.2) is 0 Å². The first-order chi connectivity index (χ1) is 15.7. The summed E-state index contributed by atoms with van der Waals surface area (Å²) in [6.45, 7) is 7.39. The smallest absolute Gasteiger partial charge is 0.305 e. The van der Waals surface area contributed by atoms with Crippen molar-refractivity contribution < 1.29 is 9.53 Å². The molecule has 192 valence electrons. The fourth-order valence-corrected chi connectivity index (χ4v) is 4.44. The van der Waals surface area contributed by atoms with Gasteiger partial charge >= 0.3 is 5.97 Å². The van der Waals surface area contributed by atoms with Crippen LogP contribution in [0.3, 0.4) is 0 Å². The number of hydrogen-bond acceptors (Lipinski definition) is 2. The number of ether oxygens (including phenoxy) is 1. The number of carbonyl (C=O) groups excluding carboxylic acids is 1. The quantitative estimate of drug-likeness (QED) is 0.0963. The summed E-state index contributed by atoms with van der Waals surface area (Å²) in [7, 11) is 0. The van der Waals surface area contributed by atoms with Gasteiger partial charge in [-0.3, -0.25) is 4.79 Å². The van der Waals surface area contributed by atoms with Crippen LogP contribution < -0.4 is 0 Å². The Morgan fingerprint density at radius 1 is 0.531 bits per heavy atom. The maximum atomic E-state index is 11.7. The van der Waals surface area contributed by atoms with Crippen molar-refractivity contribution in [2.45, 2.75) is 175 Å². The number of esters is 1. The zero-order valence-electron chi connectivity index (χ0n) is 22.6. The first-order valence-electron chi connectivity index (χ1n) is 14.8. The minimum atomic E-state index is 0.00607. The minimum absolute atomic E-state index is 0.00607. The van der Waals surface area contributed by atoms with Crippen LogP contribution in [0, 0.1) is 5.92 Å². The molecule has 0 bridgehead atoms. The third-order valence-corrected chi connectivity index (χ3v) is 6.67. The van der Waals surface area contributed by atoms with Crippen LogP contribution in [-0.4, -0.2) is 12.6 Å². The molecule has 0 rings (SSSR count). The van der Waals surface area contributed by atoms with Crippen molar-refractivity contribution in [2.75, 3.05) is 6.61 Å². The molecule has 0 fully saturated rings. The maximum Gasteiger partial charge on any atom is 0.305 e. The van der Waals surface area contributed by atoms with E-state index in [0.29, 0.717) is 13.0 Å². The van der Waals surface area contributed by atoms with E-state index in [1.807, 2.05) is 0 Å². The van der Waals surface area contributed by atoms with Crippen LogP contribution in [-0.2, 0) is 9.53 Å². The first-order valence-corrected chi connectivity index (χ1v) is 14.8. The van der Waals surface area contributed by atoms with E-state index in [-0.39, 0.29) is 5.97 Å². The van der Waals surface area contributed by atoms with Crippen LogP contribution >= 0.6 is 0 Å². The van der Waals surface area contributed by atoms with E-state index in [1.54, 1.807) is 0 Å². The Kier molecular flexibility index (Phi) is 26.3. The Hall–Kier alpha value is -0.530. The molecule has 0 amide bonds. The zero-order chi connectivity index (χ0) is 23.5. The summed E-state index contributed by atoms with van der Waals surface area (Å²) in [4.78, 5) is 11.7. The van der Waals surface area contributed by atoms with Crippen LogP contribution in [0.15, 0.2) is 0 Å². The van der Waals surface area contributed by atoms with Gasteiger partial charge in [-0.2, -0.15) is 0 Å². The monoisotopic (exact) mass is 452 g/mol. The molecular weight excluding hydrogens is 392 g/mol. The van der Waals surface area contributed by atoms with E-state index in [4.69, 9.17) is 4.74 Å². The van der Waals surface area contributed by atoms with Crippen molar-refractivity contribution in [1.82, 2.24) is 0 Å². The normalized spacial score (nSPS) is 11.4. The summed E-state index contributed by atoms with van der Waals surface area (Å²) in [6.07, 6.45) is 31.9. The highest BCUT2D eigenvalue weighted by Gasteiger charge is 2.03. The molecule has 0 radical (unpaired) electrons. The van der Waals surface area contributed by atoms with Gasteiger partial charge in [0.05, 0.1) is 6.61 Å². The van der Waals surface area contributed by atoms with Crippen LogP contribution in [0.1, 0.15) is 175 Å². The Morgan fingerprint density at radius 3 is 1.28 bits per heavy atom. The third-order valence-electron chi connectivity index (χ3n) is 6.67. The van der Waals surface area contributed by atoms with Crippen molar-refractivity contribution >= 4 is 5.97 Å². The van der Waals surface area contributed by atoms with Gasteiger partial charge in [-0.1, -0.05) is 156 Å².